The Bertz CT molecular complexity index is 2920. The van der Waals surface area contributed by atoms with Crippen LogP contribution in [0, 0.1) is 0 Å². The van der Waals surface area contributed by atoms with Gasteiger partial charge in [0.15, 0.2) is 0 Å². The molecule has 9 aromatic rings. The van der Waals surface area contributed by atoms with Crippen molar-refractivity contribution >= 4 is 48.7 Å². The second kappa shape index (κ2) is 11.9. The molecular formula is C52H34O. The Morgan fingerprint density at radius 2 is 0.925 bits per heavy atom. The number of ether oxygens (including phenoxy) is 1. The molecule has 2 atom stereocenters. The molecule has 1 aliphatic carbocycles. The van der Waals surface area contributed by atoms with Gasteiger partial charge in [0.05, 0.1) is 0 Å². The van der Waals surface area contributed by atoms with Crippen molar-refractivity contribution in [2.24, 2.45) is 0 Å². The summed E-state index contributed by atoms with van der Waals surface area (Å²) < 4.78 is 6.59. The highest BCUT2D eigenvalue weighted by molar-refractivity contribution is 6.21. The van der Waals surface area contributed by atoms with Gasteiger partial charge in [-0.15, -0.1) is 0 Å². The number of fused-ring (bicyclic) bond motifs is 7. The summed E-state index contributed by atoms with van der Waals surface area (Å²) in [4.78, 5) is 0. The van der Waals surface area contributed by atoms with Gasteiger partial charge in [-0.1, -0.05) is 182 Å². The fourth-order valence-electron chi connectivity index (χ4n) is 9.03. The van der Waals surface area contributed by atoms with E-state index >= 15 is 0 Å². The minimum Gasteiger partial charge on any atom is -0.484 e. The summed E-state index contributed by atoms with van der Waals surface area (Å²) in [5.41, 5.74) is 11.2. The molecule has 0 radical (unpaired) electrons. The average Bonchev–Trinajstić information content (AvgIpc) is 3.61. The highest BCUT2D eigenvalue weighted by Gasteiger charge is 2.37. The van der Waals surface area contributed by atoms with Crippen LogP contribution in [0.3, 0.4) is 0 Å². The van der Waals surface area contributed by atoms with Crippen molar-refractivity contribution in [1.82, 2.24) is 0 Å². The zero-order chi connectivity index (χ0) is 34.9. The second-order valence-corrected chi connectivity index (χ2v) is 14.3. The molecule has 0 saturated heterocycles. The maximum absolute atomic E-state index is 6.59. The van der Waals surface area contributed by atoms with E-state index in [2.05, 4.69) is 194 Å². The van der Waals surface area contributed by atoms with Crippen LogP contribution in [0.1, 0.15) is 17.0 Å². The fraction of sp³-hybridized carbons (Fsp3) is 0.0385. The molecular weight excluding hydrogens is 641 g/mol. The number of rotatable bonds is 4. The minimum atomic E-state index is -0.0248. The van der Waals surface area contributed by atoms with E-state index in [0.717, 1.165) is 5.75 Å². The highest BCUT2D eigenvalue weighted by Crippen LogP contribution is 2.48. The lowest BCUT2D eigenvalue weighted by Gasteiger charge is -2.24. The van der Waals surface area contributed by atoms with Gasteiger partial charge < -0.3 is 4.74 Å². The Morgan fingerprint density at radius 3 is 1.64 bits per heavy atom. The summed E-state index contributed by atoms with van der Waals surface area (Å²) in [5, 5.41) is 10.1. The Labute approximate surface area is 308 Å². The topological polar surface area (TPSA) is 9.23 Å². The van der Waals surface area contributed by atoms with E-state index in [1.54, 1.807) is 0 Å². The molecule has 0 spiro atoms. The molecule has 1 aliphatic heterocycles. The summed E-state index contributed by atoms with van der Waals surface area (Å²) in [5.74, 6) is 1.22. The van der Waals surface area contributed by atoms with Crippen molar-refractivity contribution in [2.75, 3.05) is 0 Å². The van der Waals surface area contributed by atoms with Gasteiger partial charge in [0, 0.05) is 17.1 Å². The van der Waals surface area contributed by atoms with Crippen molar-refractivity contribution in [2.45, 2.75) is 12.0 Å². The van der Waals surface area contributed by atoms with Crippen molar-refractivity contribution in [3.63, 3.8) is 0 Å². The first kappa shape index (κ1) is 30.0. The molecule has 0 amide bonds. The van der Waals surface area contributed by atoms with E-state index in [4.69, 9.17) is 4.74 Å². The predicted molar refractivity (Wildman–Crippen MR) is 223 cm³/mol. The lowest BCUT2D eigenvalue weighted by atomic mass is 9.82. The van der Waals surface area contributed by atoms with Crippen LogP contribution < -0.4 is 4.74 Å². The Kier molecular flexibility index (Phi) is 6.75. The number of allylic oxidation sites excluding steroid dienone is 2. The maximum Gasteiger partial charge on any atom is 0.135 e. The third-order valence-electron chi connectivity index (χ3n) is 11.4. The van der Waals surface area contributed by atoms with E-state index in [9.17, 15) is 0 Å². The number of hydrogen-bond donors (Lipinski definition) is 0. The quantitative estimate of drug-likeness (QED) is 0.169. The van der Waals surface area contributed by atoms with Crippen LogP contribution in [0.2, 0.25) is 0 Å². The molecule has 2 unspecified atom stereocenters. The van der Waals surface area contributed by atoms with E-state index in [1.165, 1.54) is 93.2 Å². The van der Waals surface area contributed by atoms with Crippen LogP contribution in [-0.4, -0.2) is 6.10 Å². The summed E-state index contributed by atoms with van der Waals surface area (Å²) in [6.45, 7) is 0. The first-order chi connectivity index (χ1) is 26.3. The molecule has 0 bridgehead atoms. The summed E-state index contributed by atoms with van der Waals surface area (Å²) in [7, 11) is 0. The monoisotopic (exact) mass is 674 g/mol. The van der Waals surface area contributed by atoms with Crippen LogP contribution in [0.15, 0.2) is 194 Å². The first-order valence-corrected chi connectivity index (χ1v) is 18.5. The predicted octanol–water partition coefficient (Wildman–Crippen LogP) is 13.8. The minimum absolute atomic E-state index is 0.0248. The zero-order valence-electron chi connectivity index (χ0n) is 29.0. The van der Waals surface area contributed by atoms with Crippen LogP contribution in [-0.2, 0) is 0 Å². The lowest BCUT2D eigenvalue weighted by Crippen LogP contribution is -2.21. The summed E-state index contributed by atoms with van der Waals surface area (Å²) in [6.07, 6.45) is 6.69. The Balaban J connectivity index is 1.02. The van der Waals surface area contributed by atoms with Gasteiger partial charge in [-0.05, 0) is 94.2 Å². The van der Waals surface area contributed by atoms with Crippen molar-refractivity contribution in [1.29, 1.82) is 0 Å². The standard InChI is InChI=1S/C52H34O/c1-2-13-36-32-37(29-24-33(36)12-1)51-45-19-7-5-17-43(45)50(44-18-6-8-20-46(44)51)35-27-25-34(26-28-35)38-30-31-41(40-15-4-3-14-39(38)40)47-21-11-22-48-42-16-9-10-23-49(42)53-52(47)48/h1-32,48,52H. The molecule has 53 heavy (non-hydrogen) atoms. The molecule has 1 heterocycles. The molecule has 1 nitrogen and oxygen atoms in total. The maximum atomic E-state index is 6.59. The molecule has 11 rings (SSSR count). The third kappa shape index (κ3) is 4.71. The highest BCUT2D eigenvalue weighted by atomic mass is 16.5. The van der Waals surface area contributed by atoms with Crippen LogP contribution in [0.4, 0.5) is 0 Å². The summed E-state index contributed by atoms with van der Waals surface area (Å²) in [6, 6.07) is 64.4. The fourth-order valence-corrected chi connectivity index (χ4v) is 9.03. The van der Waals surface area contributed by atoms with Crippen LogP contribution in [0.5, 0.6) is 5.75 Å². The van der Waals surface area contributed by atoms with Gasteiger partial charge in [0.25, 0.3) is 0 Å². The van der Waals surface area contributed by atoms with E-state index < -0.39 is 0 Å². The molecule has 0 N–H and O–H groups in total. The van der Waals surface area contributed by atoms with E-state index in [-0.39, 0.29) is 12.0 Å². The van der Waals surface area contributed by atoms with E-state index in [1.807, 2.05) is 0 Å². The molecule has 0 fully saturated rings. The summed E-state index contributed by atoms with van der Waals surface area (Å²) >= 11 is 0. The largest absolute Gasteiger partial charge is 0.484 e. The molecule has 2 aliphatic rings. The molecule has 0 saturated carbocycles. The van der Waals surface area contributed by atoms with Gasteiger partial charge in [0.2, 0.25) is 0 Å². The zero-order valence-corrected chi connectivity index (χ0v) is 29.0. The molecule has 248 valence electrons. The molecule has 9 aromatic carbocycles. The first-order valence-electron chi connectivity index (χ1n) is 18.5. The SMILES string of the molecule is C1=CC2c3ccccc3OC2C(c2ccc(-c3ccc(-c4c5ccccc5c(-c5ccc6ccccc6c5)c5ccccc45)cc3)c3ccccc23)=C1. The van der Waals surface area contributed by atoms with Crippen LogP contribution in [0.25, 0.3) is 82.0 Å². The second-order valence-electron chi connectivity index (χ2n) is 14.3. The van der Waals surface area contributed by atoms with Gasteiger partial charge >= 0.3 is 0 Å². The number of para-hydroxylation sites is 1. The van der Waals surface area contributed by atoms with Gasteiger partial charge in [0.1, 0.15) is 11.9 Å². The van der Waals surface area contributed by atoms with E-state index in [0.29, 0.717) is 0 Å². The smallest absolute Gasteiger partial charge is 0.135 e. The Hall–Kier alpha value is -6.70. The van der Waals surface area contributed by atoms with Crippen molar-refractivity contribution in [3.05, 3.63) is 205 Å². The van der Waals surface area contributed by atoms with Crippen LogP contribution >= 0.6 is 0 Å². The number of benzene rings is 9. The molecule has 1 heteroatoms. The third-order valence-corrected chi connectivity index (χ3v) is 11.4. The molecule has 0 aromatic heterocycles. The van der Waals surface area contributed by atoms with Gasteiger partial charge in [-0.25, -0.2) is 0 Å². The van der Waals surface area contributed by atoms with Gasteiger partial charge in [-0.2, -0.15) is 0 Å². The van der Waals surface area contributed by atoms with Crippen molar-refractivity contribution in [3.8, 4) is 39.1 Å². The Morgan fingerprint density at radius 1 is 0.396 bits per heavy atom. The lowest BCUT2D eigenvalue weighted by molar-refractivity contribution is 0.278. The number of hydrogen-bond acceptors (Lipinski definition) is 1. The average molecular weight is 675 g/mol. The normalized spacial score (nSPS) is 16.1. The van der Waals surface area contributed by atoms with Crippen molar-refractivity contribution < 1.29 is 4.74 Å². The van der Waals surface area contributed by atoms with Gasteiger partial charge in [-0.3, -0.25) is 0 Å².